The van der Waals surface area contributed by atoms with Crippen molar-refractivity contribution in [3.63, 3.8) is 0 Å². The number of urea groups is 2. The third kappa shape index (κ3) is 3.82. The Bertz CT molecular complexity index is 652. The number of likely N-dealkylation sites (N-methyl/N-ethyl adjacent to an activating group) is 1. The van der Waals surface area contributed by atoms with Crippen molar-refractivity contribution < 1.29 is 23.5 Å². The number of rotatable bonds is 6. The van der Waals surface area contributed by atoms with Gasteiger partial charge in [-0.2, -0.15) is 0 Å². The van der Waals surface area contributed by atoms with Crippen molar-refractivity contribution in [2.24, 2.45) is 0 Å². The third-order valence-corrected chi connectivity index (χ3v) is 4.84. The lowest BCUT2D eigenvalue weighted by molar-refractivity contribution is -0.131. The topological polar surface area (TPSA) is 104 Å². The zero-order chi connectivity index (χ0) is 18.6. The van der Waals surface area contributed by atoms with Crippen molar-refractivity contribution in [2.45, 2.75) is 31.4 Å². The van der Waals surface area contributed by atoms with E-state index in [0.29, 0.717) is 52.1 Å². The van der Waals surface area contributed by atoms with E-state index in [9.17, 15) is 14.4 Å². The van der Waals surface area contributed by atoms with Crippen LogP contribution in [0.2, 0.25) is 0 Å². The third-order valence-electron chi connectivity index (χ3n) is 4.84. The summed E-state index contributed by atoms with van der Waals surface area (Å²) in [5.74, 6) is 0.562. The second-order valence-electron chi connectivity index (χ2n) is 6.58. The van der Waals surface area contributed by atoms with E-state index in [1.165, 1.54) is 7.05 Å². The van der Waals surface area contributed by atoms with E-state index < -0.39 is 5.54 Å². The Hall–Kier alpha value is -2.55. The molecule has 5 amide bonds. The molecule has 2 saturated heterocycles. The number of furan rings is 1. The van der Waals surface area contributed by atoms with Gasteiger partial charge in [0.15, 0.2) is 0 Å². The molecule has 9 nitrogen and oxygen atoms in total. The molecule has 2 aliphatic rings. The van der Waals surface area contributed by atoms with Crippen LogP contribution in [0.4, 0.5) is 9.59 Å². The fraction of sp³-hybridized carbons (Fsp3) is 0.588. The average Bonchev–Trinajstić information content (AvgIpc) is 3.23. The summed E-state index contributed by atoms with van der Waals surface area (Å²) in [7, 11) is 1.47. The predicted molar refractivity (Wildman–Crippen MR) is 91.2 cm³/mol. The van der Waals surface area contributed by atoms with Gasteiger partial charge in [0.25, 0.3) is 5.91 Å². The Kier molecular flexibility index (Phi) is 5.46. The summed E-state index contributed by atoms with van der Waals surface area (Å²) < 4.78 is 10.6. The van der Waals surface area contributed by atoms with Crippen LogP contribution in [0.3, 0.4) is 0 Å². The summed E-state index contributed by atoms with van der Waals surface area (Å²) in [6.07, 6.45) is 3.16. The van der Waals surface area contributed by atoms with E-state index in [4.69, 9.17) is 9.15 Å². The lowest BCUT2D eigenvalue weighted by Crippen LogP contribution is -2.57. The molecule has 0 aromatic carbocycles. The lowest BCUT2D eigenvalue weighted by Gasteiger charge is -2.37. The first-order valence-corrected chi connectivity index (χ1v) is 8.75. The summed E-state index contributed by atoms with van der Waals surface area (Å²) in [6.45, 7) is 2.32. The van der Waals surface area contributed by atoms with Gasteiger partial charge in [0.2, 0.25) is 0 Å². The molecule has 0 radical (unpaired) electrons. The van der Waals surface area contributed by atoms with E-state index in [2.05, 4.69) is 10.6 Å². The smallest absolute Gasteiger partial charge is 0.324 e. The van der Waals surface area contributed by atoms with Gasteiger partial charge in [-0.1, -0.05) is 0 Å². The van der Waals surface area contributed by atoms with E-state index in [1.807, 2.05) is 12.1 Å². The molecule has 1 aromatic heterocycles. The minimum Gasteiger partial charge on any atom is -0.467 e. The second-order valence-corrected chi connectivity index (χ2v) is 6.58. The number of nitrogens with one attached hydrogen (secondary N) is 2. The Morgan fingerprint density at radius 1 is 1.38 bits per heavy atom. The van der Waals surface area contributed by atoms with Crippen LogP contribution in [0.5, 0.6) is 0 Å². The molecule has 2 fully saturated rings. The summed E-state index contributed by atoms with van der Waals surface area (Å²) in [5, 5.41) is 5.62. The number of carbonyl (C=O) groups excluding carboxylic acids is 3. The molecule has 2 aliphatic heterocycles. The van der Waals surface area contributed by atoms with Crippen LogP contribution >= 0.6 is 0 Å². The Labute approximate surface area is 151 Å². The van der Waals surface area contributed by atoms with Gasteiger partial charge in [0.05, 0.1) is 6.26 Å². The van der Waals surface area contributed by atoms with Gasteiger partial charge in [0, 0.05) is 33.3 Å². The maximum absolute atomic E-state index is 12.2. The normalized spacial score (nSPS) is 19.1. The maximum atomic E-state index is 12.2. The Morgan fingerprint density at radius 3 is 2.77 bits per heavy atom. The van der Waals surface area contributed by atoms with Crippen LogP contribution in [0, 0.1) is 0 Å². The summed E-state index contributed by atoms with van der Waals surface area (Å²) in [6, 6.07) is 3.13. The Balaban J connectivity index is 1.32. The van der Waals surface area contributed by atoms with Crippen LogP contribution in [0.25, 0.3) is 0 Å². The van der Waals surface area contributed by atoms with Crippen molar-refractivity contribution in [2.75, 3.05) is 33.3 Å². The van der Waals surface area contributed by atoms with Crippen molar-refractivity contribution in [1.29, 1.82) is 0 Å². The highest BCUT2D eigenvalue weighted by Crippen LogP contribution is 2.28. The fourth-order valence-electron chi connectivity index (χ4n) is 3.23. The first-order valence-electron chi connectivity index (χ1n) is 8.75. The highest BCUT2D eigenvalue weighted by molar-refractivity contribution is 6.06. The van der Waals surface area contributed by atoms with Crippen molar-refractivity contribution in [1.82, 2.24) is 20.4 Å². The molecule has 0 saturated carbocycles. The number of likely N-dealkylation sites (tertiary alicyclic amines) is 1. The van der Waals surface area contributed by atoms with Gasteiger partial charge in [-0.05, 0) is 31.4 Å². The zero-order valence-corrected chi connectivity index (χ0v) is 14.8. The van der Waals surface area contributed by atoms with Gasteiger partial charge < -0.3 is 24.7 Å². The van der Waals surface area contributed by atoms with Gasteiger partial charge >= 0.3 is 12.1 Å². The quantitative estimate of drug-likeness (QED) is 0.577. The molecule has 0 unspecified atom stereocenters. The van der Waals surface area contributed by atoms with E-state index in [-0.39, 0.29) is 18.0 Å². The SMILES string of the molecule is CN1C(=O)NC2(CCN(C(=O)NCCCOCc3ccco3)CC2)C1=O. The molecule has 0 bridgehead atoms. The molecule has 1 spiro atoms. The monoisotopic (exact) mass is 364 g/mol. The van der Waals surface area contributed by atoms with Crippen LogP contribution in [0.1, 0.15) is 25.0 Å². The number of hydrogen-bond acceptors (Lipinski definition) is 5. The largest absolute Gasteiger partial charge is 0.467 e. The van der Waals surface area contributed by atoms with Crippen molar-refractivity contribution in [3.8, 4) is 0 Å². The fourth-order valence-corrected chi connectivity index (χ4v) is 3.23. The van der Waals surface area contributed by atoms with Gasteiger partial charge in [-0.15, -0.1) is 0 Å². The predicted octanol–water partition coefficient (Wildman–Crippen LogP) is 0.912. The number of carbonyl (C=O) groups is 3. The highest BCUT2D eigenvalue weighted by Gasteiger charge is 2.51. The zero-order valence-electron chi connectivity index (χ0n) is 14.8. The van der Waals surface area contributed by atoms with Crippen LogP contribution in [0.15, 0.2) is 22.8 Å². The molecule has 0 atom stereocenters. The number of piperidine rings is 1. The minimum absolute atomic E-state index is 0.156. The molecule has 1 aromatic rings. The molecule has 9 heteroatoms. The second kappa shape index (κ2) is 7.77. The van der Waals surface area contributed by atoms with Crippen molar-refractivity contribution >= 4 is 18.0 Å². The maximum Gasteiger partial charge on any atom is 0.324 e. The van der Waals surface area contributed by atoms with Crippen LogP contribution in [-0.2, 0) is 16.1 Å². The first-order chi connectivity index (χ1) is 12.5. The highest BCUT2D eigenvalue weighted by atomic mass is 16.5. The molecule has 3 heterocycles. The molecule has 26 heavy (non-hydrogen) atoms. The number of imide groups is 1. The Morgan fingerprint density at radius 2 is 2.15 bits per heavy atom. The number of nitrogens with zero attached hydrogens (tertiary/aromatic N) is 2. The van der Waals surface area contributed by atoms with E-state index in [1.54, 1.807) is 11.2 Å². The molecule has 0 aliphatic carbocycles. The summed E-state index contributed by atoms with van der Waals surface area (Å²) >= 11 is 0. The number of hydrogen-bond donors (Lipinski definition) is 2. The summed E-state index contributed by atoms with van der Waals surface area (Å²) in [4.78, 5) is 38.9. The minimum atomic E-state index is -0.845. The lowest BCUT2D eigenvalue weighted by atomic mass is 9.87. The van der Waals surface area contributed by atoms with Crippen LogP contribution < -0.4 is 10.6 Å². The van der Waals surface area contributed by atoms with Crippen molar-refractivity contribution in [3.05, 3.63) is 24.2 Å². The van der Waals surface area contributed by atoms with Gasteiger partial charge in [-0.25, -0.2) is 9.59 Å². The number of ether oxygens (including phenoxy) is 1. The standard InChI is InChI=1S/C17H24N4O5/c1-20-14(22)17(19-16(20)24)5-8-21(9-6-17)15(23)18-7-3-10-25-12-13-4-2-11-26-13/h2,4,11H,3,5-10,12H2,1H3,(H,18,23)(H,19,24). The first kappa shape index (κ1) is 18.2. The van der Waals surface area contributed by atoms with Crippen LogP contribution in [-0.4, -0.2) is 66.6 Å². The molecular weight excluding hydrogens is 340 g/mol. The van der Waals surface area contributed by atoms with Gasteiger partial charge in [0.1, 0.15) is 17.9 Å². The van der Waals surface area contributed by atoms with E-state index >= 15 is 0 Å². The molecule has 2 N–H and O–H groups in total. The average molecular weight is 364 g/mol. The van der Waals surface area contributed by atoms with E-state index in [0.717, 1.165) is 10.7 Å². The molecule has 142 valence electrons. The summed E-state index contributed by atoms with van der Waals surface area (Å²) in [5.41, 5.74) is -0.845. The molecular formula is C17H24N4O5. The number of amides is 5. The molecule has 3 rings (SSSR count). The van der Waals surface area contributed by atoms with Gasteiger partial charge in [-0.3, -0.25) is 9.69 Å².